The second-order valence-electron chi connectivity index (χ2n) is 5.15. The molecule has 4 heteroatoms. The number of rotatable bonds is 4. The summed E-state index contributed by atoms with van der Waals surface area (Å²) in [5.74, 6) is -0.0640. The van der Waals surface area contributed by atoms with Gasteiger partial charge in [0.15, 0.2) is 0 Å². The zero-order valence-corrected chi connectivity index (χ0v) is 13.5. The minimum atomic E-state index is -0.0640. The lowest BCUT2D eigenvalue weighted by Gasteiger charge is -2.14. The van der Waals surface area contributed by atoms with Gasteiger partial charge in [-0.1, -0.05) is 32.0 Å². The van der Waals surface area contributed by atoms with Crippen molar-refractivity contribution < 1.29 is 4.79 Å². The van der Waals surface area contributed by atoms with E-state index in [0.717, 1.165) is 28.7 Å². The standard InChI is InChI=1S/C18H18N2OS/c1-3-12-6-5-7-13(4-2)17(12)20-18(21)14-8-9-15-16(10-14)22-11-19-15/h5-11H,3-4H2,1-2H3,(H,20,21). The number of carbonyl (C=O) groups is 1. The molecular formula is C18H18N2OS. The monoisotopic (exact) mass is 310 g/mol. The van der Waals surface area contributed by atoms with Gasteiger partial charge in [-0.25, -0.2) is 4.98 Å². The predicted octanol–water partition coefficient (Wildman–Crippen LogP) is 4.67. The summed E-state index contributed by atoms with van der Waals surface area (Å²) in [6.07, 6.45) is 1.80. The molecule has 0 saturated carbocycles. The van der Waals surface area contributed by atoms with Gasteiger partial charge in [-0.15, -0.1) is 11.3 Å². The third-order valence-electron chi connectivity index (χ3n) is 3.83. The Balaban J connectivity index is 1.93. The number of fused-ring (bicyclic) bond motifs is 1. The predicted molar refractivity (Wildman–Crippen MR) is 92.8 cm³/mol. The van der Waals surface area contributed by atoms with Crippen LogP contribution in [0.1, 0.15) is 35.3 Å². The molecule has 0 aliphatic rings. The van der Waals surface area contributed by atoms with Crippen LogP contribution in [0, 0.1) is 0 Å². The number of nitrogens with one attached hydrogen (secondary N) is 1. The van der Waals surface area contributed by atoms with Gasteiger partial charge in [-0.05, 0) is 42.2 Å². The van der Waals surface area contributed by atoms with Crippen LogP contribution in [0.5, 0.6) is 0 Å². The van der Waals surface area contributed by atoms with Gasteiger partial charge in [-0.2, -0.15) is 0 Å². The molecule has 3 aromatic rings. The van der Waals surface area contributed by atoms with Gasteiger partial charge in [0.25, 0.3) is 5.91 Å². The molecule has 1 heterocycles. The van der Waals surface area contributed by atoms with Crippen molar-refractivity contribution in [2.75, 3.05) is 5.32 Å². The highest BCUT2D eigenvalue weighted by atomic mass is 32.1. The maximum absolute atomic E-state index is 12.6. The fraction of sp³-hybridized carbons (Fsp3) is 0.222. The Morgan fingerprint density at radius 2 is 1.86 bits per heavy atom. The van der Waals surface area contributed by atoms with Crippen LogP contribution in [0.4, 0.5) is 5.69 Å². The van der Waals surface area contributed by atoms with Gasteiger partial charge in [-0.3, -0.25) is 4.79 Å². The van der Waals surface area contributed by atoms with E-state index in [1.54, 1.807) is 16.8 Å². The van der Waals surface area contributed by atoms with Crippen molar-refractivity contribution in [3.63, 3.8) is 0 Å². The van der Waals surface area contributed by atoms with Crippen LogP contribution in [0.15, 0.2) is 41.9 Å². The average molecular weight is 310 g/mol. The molecule has 0 saturated heterocycles. The molecule has 0 atom stereocenters. The van der Waals surface area contributed by atoms with Crippen LogP contribution in [0.25, 0.3) is 10.2 Å². The summed E-state index contributed by atoms with van der Waals surface area (Å²) in [5, 5.41) is 3.10. The number of amides is 1. The van der Waals surface area contributed by atoms with E-state index in [1.165, 1.54) is 11.1 Å². The van der Waals surface area contributed by atoms with E-state index < -0.39 is 0 Å². The molecule has 112 valence electrons. The van der Waals surface area contributed by atoms with Gasteiger partial charge < -0.3 is 5.32 Å². The fourth-order valence-electron chi connectivity index (χ4n) is 2.59. The first-order valence-corrected chi connectivity index (χ1v) is 8.36. The summed E-state index contributed by atoms with van der Waals surface area (Å²) in [7, 11) is 0. The molecule has 1 amide bonds. The summed E-state index contributed by atoms with van der Waals surface area (Å²) < 4.78 is 1.03. The second-order valence-corrected chi connectivity index (χ2v) is 6.03. The lowest BCUT2D eigenvalue weighted by atomic mass is 10.0. The van der Waals surface area contributed by atoms with Gasteiger partial charge in [0.2, 0.25) is 0 Å². The molecule has 3 nitrogen and oxygen atoms in total. The third kappa shape index (κ3) is 2.74. The molecule has 22 heavy (non-hydrogen) atoms. The Morgan fingerprint density at radius 3 is 2.55 bits per heavy atom. The maximum atomic E-state index is 12.6. The lowest BCUT2D eigenvalue weighted by Crippen LogP contribution is -2.14. The number of aryl methyl sites for hydroxylation is 2. The largest absolute Gasteiger partial charge is 0.321 e. The van der Waals surface area contributed by atoms with Gasteiger partial charge in [0.1, 0.15) is 0 Å². The van der Waals surface area contributed by atoms with E-state index in [4.69, 9.17) is 0 Å². The number of hydrogen-bond donors (Lipinski definition) is 1. The number of thiazole rings is 1. The Kier molecular flexibility index (Phi) is 4.20. The van der Waals surface area contributed by atoms with E-state index in [9.17, 15) is 4.79 Å². The molecule has 0 unspecified atom stereocenters. The van der Waals surface area contributed by atoms with E-state index in [-0.39, 0.29) is 5.91 Å². The highest BCUT2D eigenvalue weighted by Gasteiger charge is 2.12. The van der Waals surface area contributed by atoms with Crippen molar-refractivity contribution in [2.45, 2.75) is 26.7 Å². The SMILES string of the molecule is CCc1cccc(CC)c1NC(=O)c1ccc2ncsc2c1. The van der Waals surface area contributed by atoms with Crippen molar-refractivity contribution in [3.05, 3.63) is 58.6 Å². The number of para-hydroxylation sites is 1. The topological polar surface area (TPSA) is 42.0 Å². The zero-order chi connectivity index (χ0) is 15.5. The Bertz CT molecular complexity index is 801. The smallest absolute Gasteiger partial charge is 0.255 e. The first kappa shape index (κ1) is 14.7. The molecule has 1 aromatic heterocycles. The van der Waals surface area contributed by atoms with E-state index in [2.05, 4.69) is 42.3 Å². The van der Waals surface area contributed by atoms with E-state index in [1.807, 2.05) is 18.2 Å². The second kappa shape index (κ2) is 6.28. The molecule has 0 aliphatic heterocycles. The molecule has 0 fully saturated rings. The summed E-state index contributed by atoms with van der Waals surface area (Å²) in [4.78, 5) is 16.8. The van der Waals surface area contributed by atoms with Crippen LogP contribution in [-0.4, -0.2) is 10.9 Å². The van der Waals surface area contributed by atoms with Crippen molar-refractivity contribution in [2.24, 2.45) is 0 Å². The van der Waals surface area contributed by atoms with E-state index in [0.29, 0.717) is 5.56 Å². The molecule has 0 radical (unpaired) electrons. The Hall–Kier alpha value is -2.20. The number of aromatic nitrogens is 1. The highest BCUT2D eigenvalue weighted by molar-refractivity contribution is 7.16. The van der Waals surface area contributed by atoms with Gasteiger partial charge in [0.05, 0.1) is 15.7 Å². The quantitative estimate of drug-likeness (QED) is 0.760. The first-order chi connectivity index (χ1) is 10.7. The molecule has 0 bridgehead atoms. The maximum Gasteiger partial charge on any atom is 0.255 e. The van der Waals surface area contributed by atoms with Crippen molar-refractivity contribution >= 4 is 33.1 Å². The number of hydrogen-bond acceptors (Lipinski definition) is 3. The van der Waals surface area contributed by atoms with Crippen LogP contribution < -0.4 is 5.32 Å². The summed E-state index contributed by atoms with van der Waals surface area (Å²) in [5.41, 5.74) is 6.71. The molecule has 1 N–H and O–H groups in total. The van der Waals surface area contributed by atoms with Gasteiger partial charge >= 0.3 is 0 Å². The van der Waals surface area contributed by atoms with Crippen LogP contribution >= 0.6 is 11.3 Å². The molecule has 0 aliphatic carbocycles. The number of anilines is 1. The summed E-state index contributed by atoms with van der Waals surface area (Å²) in [6.45, 7) is 4.21. The Labute approximate surface area is 134 Å². The van der Waals surface area contributed by atoms with Crippen molar-refractivity contribution in [1.29, 1.82) is 0 Å². The van der Waals surface area contributed by atoms with Crippen molar-refractivity contribution in [3.8, 4) is 0 Å². The summed E-state index contributed by atoms with van der Waals surface area (Å²) in [6, 6.07) is 11.8. The molecule has 0 spiro atoms. The lowest BCUT2D eigenvalue weighted by molar-refractivity contribution is 0.102. The zero-order valence-electron chi connectivity index (χ0n) is 12.7. The number of nitrogens with zero attached hydrogens (tertiary/aromatic N) is 1. The highest BCUT2D eigenvalue weighted by Crippen LogP contribution is 2.24. The summed E-state index contributed by atoms with van der Waals surface area (Å²) >= 11 is 1.55. The third-order valence-corrected chi connectivity index (χ3v) is 4.62. The average Bonchev–Trinajstić information content (AvgIpc) is 3.02. The van der Waals surface area contributed by atoms with Crippen LogP contribution in [0.2, 0.25) is 0 Å². The number of benzene rings is 2. The van der Waals surface area contributed by atoms with E-state index >= 15 is 0 Å². The normalized spacial score (nSPS) is 10.8. The molecule has 3 rings (SSSR count). The minimum Gasteiger partial charge on any atom is -0.321 e. The molecule has 2 aromatic carbocycles. The first-order valence-electron chi connectivity index (χ1n) is 7.48. The Morgan fingerprint density at radius 1 is 1.14 bits per heavy atom. The van der Waals surface area contributed by atoms with Gasteiger partial charge in [0, 0.05) is 11.3 Å². The van der Waals surface area contributed by atoms with Crippen LogP contribution in [-0.2, 0) is 12.8 Å². The fourth-order valence-corrected chi connectivity index (χ4v) is 3.30. The van der Waals surface area contributed by atoms with Crippen molar-refractivity contribution in [1.82, 2.24) is 4.98 Å². The molecular weight excluding hydrogens is 292 g/mol. The minimum absolute atomic E-state index is 0.0640. The van der Waals surface area contributed by atoms with Crippen LogP contribution in [0.3, 0.4) is 0 Å². The number of carbonyl (C=O) groups excluding carboxylic acids is 1.